The van der Waals surface area contributed by atoms with Crippen LogP contribution in [-0.4, -0.2) is 13.6 Å². The number of hydrogen-bond donors (Lipinski definition) is 1. The van der Waals surface area contributed by atoms with Gasteiger partial charge in [0.1, 0.15) is 0 Å². The summed E-state index contributed by atoms with van der Waals surface area (Å²) >= 11 is 0. The Balaban J connectivity index is 2.99. The Kier molecular flexibility index (Phi) is 5.06. The summed E-state index contributed by atoms with van der Waals surface area (Å²) in [6.45, 7) is 4.40. The third-order valence-corrected chi connectivity index (χ3v) is 3.17. The summed E-state index contributed by atoms with van der Waals surface area (Å²) in [7, 11) is 1.88. The number of likely N-dealkylation sites (N-methyl/N-ethyl adjacent to an activating group) is 1. The van der Waals surface area contributed by atoms with Crippen LogP contribution in [0.25, 0.3) is 0 Å². The second kappa shape index (κ2) is 6.10. The average molecular weight is 241 g/mol. The molecule has 1 N–H and O–H groups in total. The Morgan fingerprint density at radius 3 is 2.53 bits per heavy atom. The second-order valence-electron chi connectivity index (χ2n) is 4.35. The van der Waals surface area contributed by atoms with Gasteiger partial charge in [-0.15, -0.1) is 0 Å². The van der Waals surface area contributed by atoms with Gasteiger partial charge in [-0.1, -0.05) is 32.0 Å². The van der Waals surface area contributed by atoms with Crippen LogP contribution >= 0.6 is 0 Å². The third kappa shape index (κ3) is 3.50. The smallest absolute Gasteiger partial charge is 0.273 e. The number of benzene rings is 1. The van der Waals surface area contributed by atoms with E-state index in [9.17, 15) is 8.78 Å². The van der Waals surface area contributed by atoms with E-state index in [1.54, 1.807) is 12.1 Å². The second-order valence-corrected chi connectivity index (χ2v) is 4.35. The van der Waals surface area contributed by atoms with Crippen molar-refractivity contribution in [2.45, 2.75) is 38.5 Å². The largest absolute Gasteiger partial charge is 0.319 e. The SMILES string of the molecule is CCC(CNC)c1cccc(C(F)(F)CC)c1. The van der Waals surface area contributed by atoms with E-state index in [0.29, 0.717) is 5.92 Å². The first-order valence-electron chi connectivity index (χ1n) is 6.18. The summed E-state index contributed by atoms with van der Waals surface area (Å²) < 4.78 is 27.2. The van der Waals surface area contributed by atoms with E-state index >= 15 is 0 Å². The molecule has 1 aromatic carbocycles. The molecule has 1 unspecified atom stereocenters. The van der Waals surface area contributed by atoms with Gasteiger partial charge in [-0.2, -0.15) is 0 Å². The molecule has 0 heterocycles. The topological polar surface area (TPSA) is 12.0 Å². The van der Waals surface area contributed by atoms with E-state index in [1.165, 1.54) is 13.0 Å². The zero-order valence-electron chi connectivity index (χ0n) is 10.8. The maximum absolute atomic E-state index is 13.6. The predicted molar refractivity (Wildman–Crippen MR) is 67.6 cm³/mol. The third-order valence-electron chi connectivity index (χ3n) is 3.17. The van der Waals surface area contributed by atoms with E-state index in [0.717, 1.165) is 18.5 Å². The fourth-order valence-corrected chi connectivity index (χ4v) is 1.97. The molecule has 0 fully saturated rings. The fraction of sp³-hybridized carbons (Fsp3) is 0.571. The molecule has 17 heavy (non-hydrogen) atoms. The fourth-order valence-electron chi connectivity index (χ4n) is 1.97. The van der Waals surface area contributed by atoms with Gasteiger partial charge in [0, 0.05) is 18.5 Å². The van der Waals surface area contributed by atoms with Crippen molar-refractivity contribution in [2.75, 3.05) is 13.6 Å². The number of nitrogens with one attached hydrogen (secondary N) is 1. The first-order chi connectivity index (χ1) is 8.05. The van der Waals surface area contributed by atoms with Crippen LogP contribution in [0.2, 0.25) is 0 Å². The first-order valence-corrected chi connectivity index (χ1v) is 6.18. The lowest BCUT2D eigenvalue weighted by Gasteiger charge is -2.19. The van der Waals surface area contributed by atoms with Crippen molar-refractivity contribution in [1.82, 2.24) is 5.32 Å². The van der Waals surface area contributed by atoms with Crippen LogP contribution in [0.5, 0.6) is 0 Å². The molecular weight excluding hydrogens is 220 g/mol. The molecule has 0 aliphatic heterocycles. The Morgan fingerprint density at radius 2 is 2.00 bits per heavy atom. The first kappa shape index (κ1) is 14.1. The van der Waals surface area contributed by atoms with Crippen LogP contribution in [0.1, 0.15) is 43.7 Å². The van der Waals surface area contributed by atoms with Crippen LogP contribution in [-0.2, 0) is 5.92 Å². The lowest BCUT2D eigenvalue weighted by molar-refractivity contribution is -0.00837. The van der Waals surface area contributed by atoms with Gasteiger partial charge in [0.15, 0.2) is 0 Å². The van der Waals surface area contributed by atoms with Gasteiger partial charge in [0.25, 0.3) is 5.92 Å². The molecule has 96 valence electrons. The average Bonchev–Trinajstić information content (AvgIpc) is 2.36. The molecule has 0 saturated carbocycles. The Bertz CT molecular complexity index is 350. The summed E-state index contributed by atoms with van der Waals surface area (Å²) in [4.78, 5) is 0. The van der Waals surface area contributed by atoms with Crippen LogP contribution in [0, 0.1) is 0 Å². The number of alkyl halides is 2. The van der Waals surface area contributed by atoms with Crippen molar-refractivity contribution >= 4 is 0 Å². The Labute approximate surface area is 102 Å². The van der Waals surface area contributed by atoms with Crippen molar-refractivity contribution in [3.05, 3.63) is 35.4 Å². The minimum Gasteiger partial charge on any atom is -0.319 e. The van der Waals surface area contributed by atoms with Gasteiger partial charge in [-0.3, -0.25) is 0 Å². The predicted octanol–water partition coefficient (Wildman–Crippen LogP) is 3.90. The van der Waals surface area contributed by atoms with E-state index < -0.39 is 5.92 Å². The zero-order chi connectivity index (χ0) is 12.9. The summed E-state index contributed by atoms with van der Waals surface area (Å²) in [5.41, 5.74) is 1.12. The standard InChI is InChI=1S/C14H21F2N/c1-4-11(10-17-3)12-7-6-8-13(9-12)14(15,16)5-2/h6-9,11,17H,4-5,10H2,1-3H3. The molecule has 1 atom stereocenters. The van der Waals surface area contributed by atoms with Gasteiger partial charge >= 0.3 is 0 Å². The summed E-state index contributed by atoms with van der Waals surface area (Å²) in [6.07, 6.45) is 0.793. The highest BCUT2D eigenvalue weighted by Crippen LogP contribution is 2.33. The lowest BCUT2D eigenvalue weighted by Crippen LogP contribution is -2.18. The Morgan fingerprint density at radius 1 is 1.29 bits per heavy atom. The van der Waals surface area contributed by atoms with E-state index in [2.05, 4.69) is 12.2 Å². The number of rotatable bonds is 6. The van der Waals surface area contributed by atoms with Crippen molar-refractivity contribution in [3.63, 3.8) is 0 Å². The monoisotopic (exact) mass is 241 g/mol. The van der Waals surface area contributed by atoms with Gasteiger partial charge in [-0.05, 0) is 31.0 Å². The molecule has 0 saturated heterocycles. The quantitative estimate of drug-likeness (QED) is 0.796. The van der Waals surface area contributed by atoms with Crippen LogP contribution in [0.3, 0.4) is 0 Å². The molecule has 0 radical (unpaired) electrons. The number of halogens is 2. The Hall–Kier alpha value is -0.960. The molecule has 0 amide bonds. The van der Waals surface area contributed by atoms with Crippen molar-refractivity contribution in [1.29, 1.82) is 0 Å². The zero-order valence-corrected chi connectivity index (χ0v) is 10.8. The molecule has 0 aliphatic carbocycles. The molecule has 0 aromatic heterocycles. The molecule has 1 nitrogen and oxygen atoms in total. The molecule has 0 aliphatic rings. The summed E-state index contributed by atoms with van der Waals surface area (Å²) in [5, 5.41) is 3.10. The van der Waals surface area contributed by atoms with Crippen LogP contribution < -0.4 is 5.32 Å². The molecule has 0 bridgehead atoms. The minimum atomic E-state index is -2.71. The van der Waals surface area contributed by atoms with Crippen molar-refractivity contribution in [2.24, 2.45) is 0 Å². The van der Waals surface area contributed by atoms with Crippen molar-refractivity contribution < 1.29 is 8.78 Å². The van der Waals surface area contributed by atoms with Crippen LogP contribution in [0.4, 0.5) is 8.78 Å². The van der Waals surface area contributed by atoms with E-state index in [4.69, 9.17) is 0 Å². The summed E-state index contributed by atoms with van der Waals surface area (Å²) in [5.74, 6) is -2.42. The van der Waals surface area contributed by atoms with Crippen molar-refractivity contribution in [3.8, 4) is 0 Å². The highest BCUT2D eigenvalue weighted by molar-refractivity contribution is 5.29. The maximum atomic E-state index is 13.6. The van der Waals surface area contributed by atoms with Gasteiger partial charge < -0.3 is 5.32 Å². The van der Waals surface area contributed by atoms with E-state index in [1.807, 2.05) is 13.1 Å². The highest BCUT2D eigenvalue weighted by Gasteiger charge is 2.29. The van der Waals surface area contributed by atoms with Crippen LogP contribution in [0.15, 0.2) is 24.3 Å². The molecular formula is C14H21F2N. The molecule has 1 aromatic rings. The highest BCUT2D eigenvalue weighted by atomic mass is 19.3. The molecule has 3 heteroatoms. The van der Waals surface area contributed by atoms with Gasteiger partial charge in [-0.25, -0.2) is 8.78 Å². The maximum Gasteiger partial charge on any atom is 0.273 e. The number of hydrogen-bond acceptors (Lipinski definition) is 1. The minimum absolute atomic E-state index is 0.132. The molecule has 0 spiro atoms. The van der Waals surface area contributed by atoms with Gasteiger partial charge in [0.05, 0.1) is 0 Å². The lowest BCUT2D eigenvalue weighted by atomic mass is 9.93. The summed E-state index contributed by atoms with van der Waals surface area (Å²) in [6, 6.07) is 6.82. The normalized spacial score (nSPS) is 13.7. The van der Waals surface area contributed by atoms with E-state index in [-0.39, 0.29) is 12.0 Å². The van der Waals surface area contributed by atoms with Gasteiger partial charge in [0.2, 0.25) is 0 Å². The molecule has 1 rings (SSSR count).